The van der Waals surface area contributed by atoms with Crippen LogP contribution in [0.5, 0.6) is 0 Å². The van der Waals surface area contributed by atoms with Crippen molar-refractivity contribution in [3.8, 4) is 0 Å². The molecule has 0 N–H and O–H groups in total. The third-order valence-electron chi connectivity index (χ3n) is 4.91. The molecule has 3 aliphatic rings. The van der Waals surface area contributed by atoms with Crippen LogP contribution < -0.4 is 0 Å². The number of esters is 1. The van der Waals surface area contributed by atoms with Gasteiger partial charge in [0.05, 0.1) is 5.57 Å². The molecule has 1 heterocycles. The standard InChI is InChI=1S/C17H18O2/c1-11-5-6-12-10-14-15(13(12)9-11)16(18)19-17(14)7-3-2-4-8-17/h5-6,9H,2-4,7-8,10H2,1H3. The largest absolute Gasteiger partial charge is 0.451 e. The van der Waals surface area contributed by atoms with Crippen molar-refractivity contribution in [3.05, 3.63) is 40.5 Å². The Labute approximate surface area is 113 Å². The Morgan fingerprint density at radius 2 is 1.95 bits per heavy atom. The van der Waals surface area contributed by atoms with Crippen LogP contribution >= 0.6 is 0 Å². The van der Waals surface area contributed by atoms with E-state index in [2.05, 4.69) is 25.1 Å². The summed E-state index contributed by atoms with van der Waals surface area (Å²) in [5.41, 5.74) is 5.56. The fourth-order valence-corrected chi connectivity index (χ4v) is 3.96. The monoisotopic (exact) mass is 254 g/mol. The molecule has 0 atom stereocenters. The van der Waals surface area contributed by atoms with Gasteiger partial charge in [0, 0.05) is 0 Å². The Morgan fingerprint density at radius 3 is 2.74 bits per heavy atom. The summed E-state index contributed by atoms with van der Waals surface area (Å²) in [5.74, 6) is -0.0822. The van der Waals surface area contributed by atoms with Crippen molar-refractivity contribution >= 4 is 11.5 Å². The highest BCUT2D eigenvalue weighted by Crippen LogP contribution is 2.51. The molecule has 0 unspecified atom stereocenters. The summed E-state index contributed by atoms with van der Waals surface area (Å²) in [7, 11) is 0. The first-order valence-corrected chi connectivity index (χ1v) is 7.26. The maximum Gasteiger partial charge on any atom is 0.339 e. The fraction of sp³-hybridized carbons (Fsp3) is 0.471. The van der Waals surface area contributed by atoms with Gasteiger partial charge in [-0.2, -0.15) is 0 Å². The van der Waals surface area contributed by atoms with Crippen LogP contribution in [0.15, 0.2) is 23.8 Å². The second-order valence-corrected chi connectivity index (χ2v) is 6.14. The number of hydrogen-bond donors (Lipinski definition) is 0. The first-order valence-electron chi connectivity index (χ1n) is 7.26. The molecular formula is C17H18O2. The first kappa shape index (κ1) is 11.3. The highest BCUT2D eigenvalue weighted by molar-refractivity contribution is 6.22. The van der Waals surface area contributed by atoms with Crippen molar-refractivity contribution in [2.75, 3.05) is 0 Å². The zero-order valence-electron chi connectivity index (χ0n) is 11.3. The van der Waals surface area contributed by atoms with Gasteiger partial charge in [0.25, 0.3) is 0 Å². The molecule has 2 aliphatic carbocycles. The van der Waals surface area contributed by atoms with E-state index in [1.807, 2.05) is 0 Å². The van der Waals surface area contributed by atoms with Crippen LogP contribution in [0.4, 0.5) is 0 Å². The van der Waals surface area contributed by atoms with Crippen molar-refractivity contribution in [1.29, 1.82) is 0 Å². The van der Waals surface area contributed by atoms with Crippen LogP contribution in [-0.4, -0.2) is 11.6 Å². The number of carbonyl (C=O) groups is 1. The molecule has 0 saturated heterocycles. The summed E-state index contributed by atoms with van der Waals surface area (Å²) < 4.78 is 5.84. The lowest BCUT2D eigenvalue weighted by Crippen LogP contribution is -2.35. The smallest absolute Gasteiger partial charge is 0.339 e. The predicted octanol–water partition coefficient (Wildman–Crippen LogP) is 3.56. The highest BCUT2D eigenvalue weighted by atomic mass is 16.6. The van der Waals surface area contributed by atoms with E-state index in [0.717, 1.165) is 30.4 Å². The van der Waals surface area contributed by atoms with Gasteiger partial charge < -0.3 is 4.74 Å². The molecule has 4 rings (SSSR count). The minimum atomic E-state index is -0.252. The highest BCUT2D eigenvalue weighted by Gasteiger charge is 2.50. The summed E-state index contributed by atoms with van der Waals surface area (Å²) in [6.07, 6.45) is 6.58. The van der Waals surface area contributed by atoms with E-state index in [4.69, 9.17) is 4.74 Å². The van der Waals surface area contributed by atoms with Gasteiger partial charge in [0.1, 0.15) is 5.60 Å². The maximum atomic E-state index is 12.3. The normalized spacial score (nSPS) is 23.5. The molecule has 1 spiro atoms. The Hall–Kier alpha value is -1.57. The number of carbonyl (C=O) groups excluding carboxylic acids is 1. The summed E-state index contributed by atoms with van der Waals surface area (Å²) >= 11 is 0. The third kappa shape index (κ3) is 1.46. The van der Waals surface area contributed by atoms with Crippen LogP contribution in [-0.2, 0) is 16.0 Å². The van der Waals surface area contributed by atoms with E-state index in [9.17, 15) is 4.79 Å². The topological polar surface area (TPSA) is 26.3 Å². The van der Waals surface area contributed by atoms with E-state index < -0.39 is 0 Å². The number of hydrogen-bond acceptors (Lipinski definition) is 2. The Balaban J connectivity index is 1.85. The third-order valence-corrected chi connectivity index (χ3v) is 4.91. The van der Waals surface area contributed by atoms with Crippen molar-refractivity contribution < 1.29 is 9.53 Å². The average Bonchev–Trinajstić information content (AvgIpc) is 2.89. The lowest BCUT2D eigenvalue weighted by Gasteiger charge is -2.34. The second kappa shape index (κ2) is 3.72. The molecule has 0 radical (unpaired) electrons. The van der Waals surface area contributed by atoms with E-state index in [1.54, 1.807) is 0 Å². The van der Waals surface area contributed by atoms with Crippen molar-refractivity contribution in [2.45, 2.75) is 51.0 Å². The predicted molar refractivity (Wildman–Crippen MR) is 73.7 cm³/mol. The first-order chi connectivity index (χ1) is 9.20. The van der Waals surface area contributed by atoms with Gasteiger partial charge in [0.2, 0.25) is 0 Å². The van der Waals surface area contributed by atoms with Gasteiger partial charge >= 0.3 is 5.97 Å². The molecule has 2 heteroatoms. The molecule has 2 nitrogen and oxygen atoms in total. The van der Waals surface area contributed by atoms with Gasteiger partial charge in [-0.25, -0.2) is 4.79 Å². The zero-order valence-corrected chi connectivity index (χ0v) is 11.3. The molecule has 0 bridgehead atoms. The van der Waals surface area contributed by atoms with Crippen LogP contribution in [0, 0.1) is 6.92 Å². The number of rotatable bonds is 0. The Kier molecular flexibility index (Phi) is 2.21. The molecule has 1 saturated carbocycles. The van der Waals surface area contributed by atoms with Gasteiger partial charge in [-0.3, -0.25) is 0 Å². The average molecular weight is 254 g/mol. The lowest BCUT2D eigenvalue weighted by atomic mass is 9.78. The van der Waals surface area contributed by atoms with E-state index in [-0.39, 0.29) is 11.6 Å². The molecule has 0 aromatic heterocycles. The van der Waals surface area contributed by atoms with Crippen molar-refractivity contribution in [3.63, 3.8) is 0 Å². The van der Waals surface area contributed by atoms with Gasteiger partial charge in [-0.05, 0) is 55.7 Å². The number of aryl methyl sites for hydroxylation is 1. The maximum absolute atomic E-state index is 12.3. The van der Waals surface area contributed by atoms with Gasteiger partial charge in [-0.15, -0.1) is 0 Å². The molecule has 1 aromatic carbocycles. The van der Waals surface area contributed by atoms with Crippen LogP contribution in [0.3, 0.4) is 0 Å². The van der Waals surface area contributed by atoms with Crippen LogP contribution in [0.2, 0.25) is 0 Å². The summed E-state index contributed by atoms with van der Waals surface area (Å²) in [6, 6.07) is 6.45. The minimum absolute atomic E-state index is 0.0822. The lowest BCUT2D eigenvalue weighted by molar-refractivity contribution is -0.147. The number of ether oxygens (including phenoxy) is 1. The minimum Gasteiger partial charge on any atom is -0.451 e. The molecule has 98 valence electrons. The molecular weight excluding hydrogens is 236 g/mol. The van der Waals surface area contributed by atoms with E-state index >= 15 is 0 Å². The number of benzene rings is 1. The van der Waals surface area contributed by atoms with Crippen LogP contribution in [0.1, 0.15) is 48.8 Å². The van der Waals surface area contributed by atoms with Gasteiger partial charge in [-0.1, -0.05) is 30.2 Å². The quantitative estimate of drug-likeness (QED) is 0.662. The second-order valence-electron chi connectivity index (χ2n) is 6.14. The summed E-state index contributed by atoms with van der Waals surface area (Å²) in [4.78, 5) is 12.3. The summed E-state index contributed by atoms with van der Waals surface area (Å²) in [5, 5.41) is 0. The number of fused-ring (bicyclic) bond motifs is 3. The Bertz CT molecular complexity index is 604. The van der Waals surface area contributed by atoms with Gasteiger partial charge in [0.15, 0.2) is 0 Å². The SMILES string of the molecule is Cc1ccc2c(c1)C1=C(C2)C2(CCCCC2)OC1=O. The molecule has 1 fully saturated rings. The molecule has 1 aliphatic heterocycles. The molecule has 19 heavy (non-hydrogen) atoms. The molecule has 1 aromatic rings. The van der Waals surface area contributed by atoms with E-state index in [0.29, 0.717) is 0 Å². The zero-order chi connectivity index (χ0) is 13.0. The van der Waals surface area contributed by atoms with Crippen LogP contribution in [0.25, 0.3) is 5.57 Å². The van der Waals surface area contributed by atoms with Crippen molar-refractivity contribution in [1.82, 2.24) is 0 Å². The Morgan fingerprint density at radius 1 is 1.16 bits per heavy atom. The molecule has 0 amide bonds. The fourth-order valence-electron chi connectivity index (χ4n) is 3.96. The van der Waals surface area contributed by atoms with E-state index in [1.165, 1.54) is 36.0 Å². The summed E-state index contributed by atoms with van der Waals surface area (Å²) in [6.45, 7) is 2.08. The van der Waals surface area contributed by atoms with Crippen molar-refractivity contribution in [2.24, 2.45) is 0 Å².